The Hall–Kier alpha value is -3.61. The fraction of sp³-hybridized carbons (Fsp3) is 0.261. The van der Waals surface area contributed by atoms with Gasteiger partial charge in [-0.2, -0.15) is 5.10 Å². The molecule has 1 aliphatic heterocycles. The van der Waals surface area contributed by atoms with Crippen LogP contribution in [0.25, 0.3) is 0 Å². The first kappa shape index (κ1) is 19.7. The number of hydrogen-bond acceptors (Lipinski definition) is 4. The van der Waals surface area contributed by atoms with Gasteiger partial charge in [-0.25, -0.2) is 4.68 Å². The number of nitrogens with one attached hydrogen (secondary N) is 1. The lowest BCUT2D eigenvalue weighted by molar-refractivity contribution is -0.122. The van der Waals surface area contributed by atoms with E-state index in [0.29, 0.717) is 18.9 Å². The van der Waals surface area contributed by atoms with E-state index in [2.05, 4.69) is 10.4 Å². The van der Waals surface area contributed by atoms with Crippen molar-refractivity contribution in [1.82, 2.24) is 9.78 Å². The van der Waals surface area contributed by atoms with Gasteiger partial charge in [-0.3, -0.25) is 9.59 Å². The Kier molecular flexibility index (Phi) is 5.52. The number of amides is 2. The highest BCUT2D eigenvalue weighted by molar-refractivity contribution is 6.03. The Bertz CT molecular complexity index is 1040. The van der Waals surface area contributed by atoms with Crippen LogP contribution in [0.5, 0.6) is 5.75 Å². The minimum atomic E-state index is -0.417. The topological polar surface area (TPSA) is 76.5 Å². The van der Waals surface area contributed by atoms with Gasteiger partial charge in [0.05, 0.1) is 25.3 Å². The normalized spacial score (nSPS) is 16.0. The van der Waals surface area contributed by atoms with E-state index in [9.17, 15) is 9.59 Å². The molecular formula is C23H24N4O3. The average molecular weight is 404 g/mol. The number of benzene rings is 2. The van der Waals surface area contributed by atoms with Crippen LogP contribution in [0.15, 0.2) is 60.7 Å². The summed E-state index contributed by atoms with van der Waals surface area (Å²) >= 11 is 0. The summed E-state index contributed by atoms with van der Waals surface area (Å²) in [5, 5.41) is 7.46. The van der Waals surface area contributed by atoms with Crippen LogP contribution in [0.3, 0.4) is 0 Å². The maximum Gasteiger partial charge on any atom is 0.230 e. The first-order chi connectivity index (χ1) is 14.5. The van der Waals surface area contributed by atoms with Crippen molar-refractivity contribution >= 4 is 23.3 Å². The van der Waals surface area contributed by atoms with E-state index in [1.54, 1.807) is 28.8 Å². The summed E-state index contributed by atoms with van der Waals surface area (Å²) in [5.41, 5.74) is 2.68. The maximum atomic E-state index is 12.9. The highest BCUT2D eigenvalue weighted by atomic mass is 16.5. The zero-order valence-electron chi connectivity index (χ0n) is 17.0. The van der Waals surface area contributed by atoms with Crippen molar-refractivity contribution in [3.8, 4) is 5.75 Å². The monoisotopic (exact) mass is 404 g/mol. The van der Waals surface area contributed by atoms with E-state index in [4.69, 9.17) is 4.74 Å². The molecule has 1 fully saturated rings. The van der Waals surface area contributed by atoms with Crippen molar-refractivity contribution in [2.24, 2.45) is 5.92 Å². The summed E-state index contributed by atoms with van der Waals surface area (Å²) in [6, 6.07) is 19.1. The van der Waals surface area contributed by atoms with Crippen LogP contribution in [0.4, 0.5) is 11.5 Å². The van der Waals surface area contributed by atoms with E-state index < -0.39 is 5.92 Å². The molecule has 1 N–H and O–H groups in total. The van der Waals surface area contributed by atoms with Crippen LogP contribution < -0.4 is 15.0 Å². The molecule has 2 aromatic carbocycles. The molecular weight excluding hydrogens is 380 g/mol. The summed E-state index contributed by atoms with van der Waals surface area (Å²) in [4.78, 5) is 27.1. The first-order valence-electron chi connectivity index (χ1n) is 9.87. The Morgan fingerprint density at radius 2 is 1.90 bits per heavy atom. The number of aromatic nitrogens is 2. The number of aryl methyl sites for hydroxylation is 1. The van der Waals surface area contributed by atoms with Crippen LogP contribution >= 0.6 is 0 Å². The number of nitrogens with zero attached hydrogens (tertiary/aromatic N) is 3. The summed E-state index contributed by atoms with van der Waals surface area (Å²) in [6.07, 6.45) is 0.184. The summed E-state index contributed by atoms with van der Waals surface area (Å²) in [7, 11) is 1.60. The molecule has 30 heavy (non-hydrogen) atoms. The molecule has 4 rings (SSSR count). The van der Waals surface area contributed by atoms with Crippen molar-refractivity contribution < 1.29 is 14.3 Å². The molecule has 1 unspecified atom stereocenters. The Morgan fingerprint density at radius 1 is 1.17 bits per heavy atom. The van der Waals surface area contributed by atoms with E-state index in [1.165, 1.54) is 0 Å². The third-order valence-corrected chi connectivity index (χ3v) is 5.21. The van der Waals surface area contributed by atoms with Crippen molar-refractivity contribution in [1.29, 1.82) is 0 Å². The summed E-state index contributed by atoms with van der Waals surface area (Å²) in [6.45, 7) is 2.80. The van der Waals surface area contributed by atoms with Crippen molar-refractivity contribution in [2.45, 2.75) is 19.9 Å². The molecule has 1 atom stereocenters. The van der Waals surface area contributed by atoms with Gasteiger partial charge in [0.2, 0.25) is 11.8 Å². The third kappa shape index (κ3) is 4.20. The molecule has 0 aliphatic carbocycles. The second-order valence-corrected chi connectivity index (χ2v) is 7.41. The molecule has 1 saturated heterocycles. The van der Waals surface area contributed by atoms with E-state index in [-0.39, 0.29) is 18.2 Å². The number of rotatable bonds is 6. The van der Waals surface area contributed by atoms with Gasteiger partial charge in [0, 0.05) is 24.7 Å². The summed E-state index contributed by atoms with van der Waals surface area (Å²) < 4.78 is 6.94. The standard InChI is InChI=1S/C23H24N4O3/c1-16-12-21(27(25-16)14-17-6-4-3-5-7-17)24-23(29)18-13-22(28)26(15-18)19-8-10-20(30-2)11-9-19/h3-12,18H,13-15H2,1-2H3,(H,24,29). The molecule has 0 saturated carbocycles. The number of carbonyl (C=O) groups excluding carboxylic acids is 2. The molecule has 0 spiro atoms. The average Bonchev–Trinajstić information content (AvgIpc) is 3.31. The van der Waals surface area contributed by atoms with Crippen LogP contribution in [0.1, 0.15) is 17.7 Å². The minimum absolute atomic E-state index is 0.0608. The molecule has 2 amide bonds. The van der Waals surface area contributed by atoms with Gasteiger partial charge in [-0.1, -0.05) is 30.3 Å². The molecule has 7 heteroatoms. The van der Waals surface area contributed by atoms with Crippen LogP contribution in [-0.2, 0) is 16.1 Å². The molecule has 1 aromatic heterocycles. The van der Waals surface area contributed by atoms with E-state index in [0.717, 1.165) is 22.7 Å². The van der Waals surface area contributed by atoms with E-state index >= 15 is 0 Å². The Morgan fingerprint density at radius 3 is 2.60 bits per heavy atom. The first-order valence-corrected chi connectivity index (χ1v) is 9.87. The lowest BCUT2D eigenvalue weighted by Gasteiger charge is -2.17. The molecule has 0 radical (unpaired) electrons. The molecule has 3 aromatic rings. The lowest BCUT2D eigenvalue weighted by atomic mass is 10.1. The predicted molar refractivity (Wildman–Crippen MR) is 115 cm³/mol. The van der Waals surface area contributed by atoms with Gasteiger partial charge in [0.1, 0.15) is 11.6 Å². The molecule has 7 nitrogen and oxygen atoms in total. The van der Waals surface area contributed by atoms with E-state index in [1.807, 2.05) is 55.5 Å². The number of hydrogen-bond donors (Lipinski definition) is 1. The van der Waals surface area contributed by atoms with Crippen LogP contribution in [0, 0.1) is 12.8 Å². The summed E-state index contributed by atoms with van der Waals surface area (Å²) in [5.74, 6) is 0.710. The van der Waals surface area contributed by atoms with Gasteiger partial charge in [0.25, 0.3) is 0 Å². The fourth-order valence-electron chi connectivity index (χ4n) is 3.65. The SMILES string of the molecule is COc1ccc(N2CC(C(=O)Nc3cc(C)nn3Cc3ccccc3)CC2=O)cc1. The highest BCUT2D eigenvalue weighted by Gasteiger charge is 2.35. The molecule has 1 aliphatic rings. The second kappa shape index (κ2) is 8.41. The zero-order chi connectivity index (χ0) is 21.1. The zero-order valence-corrected chi connectivity index (χ0v) is 17.0. The quantitative estimate of drug-likeness (QED) is 0.684. The second-order valence-electron chi connectivity index (χ2n) is 7.41. The van der Waals surface area contributed by atoms with Gasteiger partial charge < -0.3 is 15.0 Å². The number of anilines is 2. The lowest BCUT2D eigenvalue weighted by Crippen LogP contribution is -2.28. The number of ether oxygens (including phenoxy) is 1. The van der Waals surface area contributed by atoms with Gasteiger partial charge in [-0.05, 0) is 36.8 Å². The van der Waals surface area contributed by atoms with Gasteiger partial charge in [-0.15, -0.1) is 0 Å². The Labute approximate surface area is 175 Å². The molecule has 2 heterocycles. The fourth-order valence-corrected chi connectivity index (χ4v) is 3.65. The van der Waals surface area contributed by atoms with Crippen molar-refractivity contribution in [2.75, 3.05) is 23.9 Å². The van der Waals surface area contributed by atoms with Gasteiger partial charge in [0.15, 0.2) is 0 Å². The smallest absolute Gasteiger partial charge is 0.230 e. The maximum absolute atomic E-state index is 12.9. The molecule has 0 bridgehead atoms. The Balaban J connectivity index is 1.45. The van der Waals surface area contributed by atoms with Crippen molar-refractivity contribution in [3.05, 3.63) is 71.9 Å². The predicted octanol–water partition coefficient (Wildman–Crippen LogP) is 3.24. The van der Waals surface area contributed by atoms with Crippen molar-refractivity contribution in [3.63, 3.8) is 0 Å². The highest BCUT2D eigenvalue weighted by Crippen LogP contribution is 2.27. The molecule has 154 valence electrons. The number of methoxy groups -OCH3 is 1. The van der Waals surface area contributed by atoms with Crippen LogP contribution in [-0.4, -0.2) is 35.2 Å². The third-order valence-electron chi connectivity index (χ3n) is 5.21. The minimum Gasteiger partial charge on any atom is -0.497 e. The van der Waals surface area contributed by atoms with Gasteiger partial charge >= 0.3 is 0 Å². The van der Waals surface area contributed by atoms with Crippen LogP contribution in [0.2, 0.25) is 0 Å². The number of carbonyl (C=O) groups is 2. The largest absolute Gasteiger partial charge is 0.497 e.